The summed E-state index contributed by atoms with van der Waals surface area (Å²) in [5, 5.41) is 2.60. The molecule has 0 fully saturated rings. The number of rotatable bonds is 10. The molecule has 1 heterocycles. The molecule has 1 aromatic heterocycles. The van der Waals surface area contributed by atoms with Gasteiger partial charge in [0.1, 0.15) is 0 Å². The van der Waals surface area contributed by atoms with Crippen molar-refractivity contribution in [2.75, 3.05) is 9.80 Å². The SMILES string of the molecule is C1=CC(C2=CC=C(N(c3ccc(-c4ccc(N(c5ccc(-c6ccccc6)cc5)c5ccc6sc7ccccc7c6c5)cc4)cc3)C3C=CC(c4ccccc4)=CC3)CC2)=CCC1. The molecule has 3 heteroatoms. The van der Waals surface area contributed by atoms with Gasteiger partial charge in [-0.1, -0.05) is 158 Å². The molecule has 0 aliphatic heterocycles. The summed E-state index contributed by atoms with van der Waals surface area (Å²) in [7, 11) is 0. The number of anilines is 4. The van der Waals surface area contributed by atoms with E-state index in [2.05, 4.69) is 234 Å². The Morgan fingerprint density at radius 1 is 0.444 bits per heavy atom. The Labute approximate surface area is 375 Å². The third-order valence-electron chi connectivity index (χ3n) is 12.8. The fourth-order valence-corrected chi connectivity index (χ4v) is 10.6. The van der Waals surface area contributed by atoms with Crippen LogP contribution in [0.5, 0.6) is 0 Å². The van der Waals surface area contributed by atoms with E-state index in [1.165, 1.54) is 76.1 Å². The van der Waals surface area contributed by atoms with Crippen LogP contribution in [0.25, 0.3) is 48.0 Å². The van der Waals surface area contributed by atoms with Crippen LogP contribution in [-0.2, 0) is 0 Å². The molecular formula is C60H48N2S. The van der Waals surface area contributed by atoms with Crippen LogP contribution in [-0.4, -0.2) is 6.04 Å². The van der Waals surface area contributed by atoms with Gasteiger partial charge in [0.25, 0.3) is 0 Å². The van der Waals surface area contributed by atoms with Gasteiger partial charge in [0.2, 0.25) is 0 Å². The van der Waals surface area contributed by atoms with Crippen molar-refractivity contribution in [1.29, 1.82) is 0 Å². The van der Waals surface area contributed by atoms with Gasteiger partial charge >= 0.3 is 0 Å². The number of hydrogen-bond donors (Lipinski definition) is 0. The molecule has 0 saturated heterocycles. The lowest BCUT2D eigenvalue weighted by molar-refractivity contribution is 0.716. The summed E-state index contributed by atoms with van der Waals surface area (Å²) in [6, 6.07) is 64.5. The molecule has 7 aromatic carbocycles. The van der Waals surface area contributed by atoms with Crippen LogP contribution in [0.4, 0.5) is 22.7 Å². The molecule has 304 valence electrons. The number of thiophene rings is 1. The van der Waals surface area contributed by atoms with E-state index in [0.29, 0.717) is 0 Å². The highest BCUT2D eigenvalue weighted by Gasteiger charge is 2.24. The first-order valence-corrected chi connectivity index (χ1v) is 23.1. The molecule has 1 unspecified atom stereocenters. The van der Waals surface area contributed by atoms with Crippen molar-refractivity contribution in [3.8, 4) is 22.3 Å². The quantitative estimate of drug-likeness (QED) is 0.135. The van der Waals surface area contributed by atoms with Crippen LogP contribution in [0, 0.1) is 0 Å². The average molecular weight is 829 g/mol. The smallest absolute Gasteiger partial charge is 0.0557 e. The molecule has 63 heavy (non-hydrogen) atoms. The minimum absolute atomic E-state index is 0.233. The minimum atomic E-state index is 0.233. The highest BCUT2D eigenvalue weighted by molar-refractivity contribution is 7.25. The number of allylic oxidation sites excluding steroid dienone is 10. The van der Waals surface area contributed by atoms with Crippen molar-refractivity contribution in [3.05, 3.63) is 247 Å². The van der Waals surface area contributed by atoms with Crippen LogP contribution in [0.2, 0.25) is 0 Å². The van der Waals surface area contributed by atoms with Crippen molar-refractivity contribution in [1.82, 2.24) is 0 Å². The topological polar surface area (TPSA) is 6.48 Å². The van der Waals surface area contributed by atoms with Gasteiger partial charge in [-0.25, -0.2) is 0 Å². The first kappa shape index (κ1) is 38.7. The maximum atomic E-state index is 2.58. The number of benzene rings is 7. The third-order valence-corrected chi connectivity index (χ3v) is 13.9. The zero-order chi connectivity index (χ0) is 42.0. The molecule has 3 aliphatic rings. The summed E-state index contributed by atoms with van der Waals surface area (Å²) >= 11 is 1.86. The molecule has 3 aliphatic carbocycles. The highest BCUT2D eigenvalue weighted by atomic mass is 32.1. The maximum Gasteiger partial charge on any atom is 0.0557 e. The van der Waals surface area contributed by atoms with Gasteiger partial charge in [0, 0.05) is 48.6 Å². The van der Waals surface area contributed by atoms with Crippen molar-refractivity contribution >= 4 is 59.8 Å². The van der Waals surface area contributed by atoms with Crippen LogP contribution >= 0.6 is 11.3 Å². The Balaban J connectivity index is 0.908. The number of hydrogen-bond acceptors (Lipinski definition) is 3. The zero-order valence-electron chi connectivity index (χ0n) is 35.3. The molecule has 8 aromatic rings. The first-order valence-electron chi connectivity index (χ1n) is 22.3. The predicted molar refractivity (Wildman–Crippen MR) is 271 cm³/mol. The molecule has 2 nitrogen and oxygen atoms in total. The van der Waals surface area contributed by atoms with Gasteiger partial charge in [-0.2, -0.15) is 0 Å². The zero-order valence-corrected chi connectivity index (χ0v) is 36.1. The van der Waals surface area contributed by atoms with Crippen LogP contribution < -0.4 is 9.80 Å². The summed E-state index contributed by atoms with van der Waals surface area (Å²) in [4.78, 5) is 4.97. The van der Waals surface area contributed by atoms with E-state index >= 15 is 0 Å². The van der Waals surface area contributed by atoms with Crippen molar-refractivity contribution in [2.24, 2.45) is 0 Å². The minimum Gasteiger partial charge on any atom is -0.338 e. The average Bonchev–Trinajstić information content (AvgIpc) is 3.74. The van der Waals surface area contributed by atoms with Gasteiger partial charge < -0.3 is 9.80 Å². The van der Waals surface area contributed by atoms with Crippen molar-refractivity contribution in [3.63, 3.8) is 0 Å². The Morgan fingerprint density at radius 3 is 1.67 bits per heavy atom. The van der Waals surface area contributed by atoms with E-state index in [1.54, 1.807) is 0 Å². The summed E-state index contributed by atoms with van der Waals surface area (Å²) in [5.74, 6) is 0. The first-order chi connectivity index (χ1) is 31.2. The molecule has 0 spiro atoms. The second-order valence-corrected chi connectivity index (χ2v) is 17.8. The fraction of sp³-hybridized carbons (Fsp3) is 0.100. The van der Waals surface area contributed by atoms with Crippen molar-refractivity contribution in [2.45, 2.75) is 38.1 Å². The maximum absolute atomic E-state index is 2.58. The van der Waals surface area contributed by atoms with E-state index in [-0.39, 0.29) is 6.04 Å². The van der Waals surface area contributed by atoms with E-state index in [0.717, 1.165) is 49.2 Å². The Bertz CT molecular complexity index is 3110. The molecule has 0 amide bonds. The summed E-state index contributed by atoms with van der Waals surface area (Å²) < 4.78 is 2.62. The Morgan fingerprint density at radius 2 is 1.05 bits per heavy atom. The number of nitrogens with zero attached hydrogens (tertiary/aromatic N) is 2. The fourth-order valence-electron chi connectivity index (χ4n) is 9.49. The van der Waals surface area contributed by atoms with Gasteiger partial charge in [-0.15, -0.1) is 11.3 Å². The molecule has 0 N–H and O–H groups in total. The van der Waals surface area contributed by atoms with E-state index in [4.69, 9.17) is 0 Å². The van der Waals surface area contributed by atoms with E-state index in [1.807, 2.05) is 11.3 Å². The van der Waals surface area contributed by atoms with Crippen LogP contribution in [0.3, 0.4) is 0 Å². The Kier molecular flexibility index (Phi) is 10.6. The summed E-state index contributed by atoms with van der Waals surface area (Å²) in [5.41, 5.74) is 16.2. The third kappa shape index (κ3) is 7.93. The molecule has 1 atom stereocenters. The molecule has 0 radical (unpaired) electrons. The molecular weight excluding hydrogens is 781 g/mol. The van der Waals surface area contributed by atoms with Gasteiger partial charge in [0.15, 0.2) is 0 Å². The van der Waals surface area contributed by atoms with Crippen LogP contribution in [0.1, 0.15) is 37.7 Å². The highest BCUT2D eigenvalue weighted by Crippen LogP contribution is 2.42. The lowest BCUT2D eigenvalue weighted by Crippen LogP contribution is -2.34. The predicted octanol–water partition coefficient (Wildman–Crippen LogP) is 17.0. The second-order valence-electron chi connectivity index (χ2n) is 16.7. The second kappa shape index (κ2) is 17.3. The van der Waals surface area contributed by atoms with Gasteiger partial charge in [0.05, 0.1) is 6.04 Å². The van der Waals surface area contributed by atoms with Gasteiger partial charge in [-0.05, 0) is 143 Å². The lowest BCUT2D eigenvalue weighted by Gasteiger charge is -2.36. The normalized spacial score (nSPS) is 16.0. The van der Waals surface area contributed by atoms with E-state index in [9.17, 15) is 0 Å². The molecule has 0 bridgehead atoms. The lowest BCUT2D eigenvalue weighted by atomic mass is 9.90. The monoisotopic (exact) mass is 828 g/mol. The van der Waals surface area contributed by atoms with Crippen LogP contribution in [0.15, 0.2) is 241 Å². The molecule has 11 rings (SSSR count). The summed E-state index contributed by atoms with van der Waals surface area (Å²) in [6.07, 6.45) is 24.2. The molecule has 0 saturated carbocycles. The van der Waals surface area contributed by atoms with Crippen molar-refractivity contribution < 1.29 is 0 Å². The standard InChI is InChI=1S/C60H48N2S/c1-4-12-43(13-5-1)46-20-30-51(31-21-46)61(52-32-22-47(23-33-52)44-14-6-2-7-15-44)53-34-26-49(27-35-53)50-28-38-55(39-29-50)62(54-36-24-48(25-37-54)45-16-8-3-9-17-45)56-40-41-60-58(42-56)57-18-10-11-19-59(57)63-60/h1,3-6,8-22,24-30,32,34-42,51H,2,7,23,31,33H2. The van der Waals surface area contributed by atoms with Gasteiger partial charge in [-0.3, -0.25) is 0 Å². The van der Waals surface area contributed by atoms with E-state index < -0.39 is 0 Å². The largest absolute Gasteiger partial charge is 0.338 e. The number of fused-ring (bicyclic) bond motifs is 3. The Hall–Kier alpha value is -7.20. The summed E-state index contributed by atoms with van der Waals surface area (Å²) in [6.45, 7) is 0.